The fourth-order valence-corrected chi connectivity index (χ4v) is 2.46. The van der Waals surface area contributed by atoms with Crippen LogP contribution in [0.1, 0.15) is 105 Å². The van der Waals surface area contributed by atoms with Crippen LogP contribution in [0.5, 0.6) is 0 Å². The van der Waals surface area contributed by atoms with Crippen molar-refractivity contribution in [1.29, 1.82) is 0 Å². The van der Waals surface area contributed by atoms with Gasteiger partial charge < -0.3 is 0 Å². The zero-order valence-electron chi connectivity index (χ0n) is 21.7. The summed E-state index contributed by atoms with van der Waals surface area (Å²) >= 11 is 0. The molecular weight excluding hydrogens is 350 g/mol. The predicted octanol–water partition coefficient (Wildman–Crippen LogP) is 9.30. The van der Waals surface area contributed by atoms with Crippen molar-refractivity contribution in [2.45, 2.75) is 107 Å². The zero-order valence-corrected chi connectivity index (χ0v) is 21.7. The number of aryl methyl sites for hydroxylation is 1. The number of likely N-dealkylation sites (tertiary alicyclic amines) is 1. The van der Waals surface area contributed by atoms with Crippen LogP contribution in [0, 0.1) is 18.8 Å². The van der Waals surface area contributed by atoms with E-state index in [1.165, 1.54) is 62.7 Å². The molecule has 1 aromatic carbocycles. The third-order valence-electron chi connectivity index (χ3n) is 5.30. The standard InChI is InChI=1S/C14H21N.C6H14.C4H10.C2H6.C2H4/c1-12-3-5-14(6-4-12)11-15-9-7-13(2)8-10-15;1-4-6(3)5-2;1-3-4-2;2*1-2/h3-6,13H,7-11H2,1-2H3;6H,4-5H2,1-3H3;3-4H2,1-2H3;1-2H3;1-2H2. The lowest BCUT2D eigenvalue weighted by molar-refractivity contribution is 0.185. The molecule has 0 unspecified atom stereocenters. The second kappa shape index (κ2) is 25.0. The van der Waals surface area contributed by atoms with E-state index < -0.39 is 0 Å². The Morgan fingerprint density at radius 2 is 1.31 bits per heavy atom. The van der Waals surface area contributed by atoms with E-state index in [2.05, 4.69) is 90.8 Å². The van der Waals surface area contributed by atoms with Gasteiger partial charge in [0.2, 0.25) is 0 Å². The Hall–Kier alpha value is -1.08. The molecule has 1 aliphatic rings. The summed E-state index contributed by atoms with van der Waals surface area (Å²) in [7, 11) is 0. The second-order valence-corrected chi connectivity index (χ2v) is 7.87. The van der Waals surface area contributed by atoms with Gasteiger partial charge in [-0.3, -0.25) is 4.90 Å². The summed E-state index contributed by atoms with van der Waals surface area (Å²) in [5.41, 5.74) is 2.81. The van der Waals surface area contributed by atoms with Crippen molar-refractivity contribution >= 4 is 0 Å². The van der Waals surface area contributed by atoms with E-state index in [0.717, 1.165) is 18.4 Å². The molecule has 0 saturated carbocycles. The smallest absolute Gasteiger partial charge is 0.0233 e. The van der Waals surface area contributed by atoms with Gasteiger partial charge >= 0.3 is 0 Å². The first-order valence-corrected chi connectivity index (χ1v) is 12.2. The third-order valence-corrected chi connectivity index (χ3v) is 5.30. The minimum atomic E-state index is 0.930. The molecule has 1 saturated heterocycles. The first-order chi connectivity index (χ1) is 14.0. The van der Waals surface area contributed by atoms with E-state index in [0.29, 0.717) is 0 Å². The van der Waals surface area contributed by atoms with Crippen molar-refractivity contribution in [3.05, 3.63) is 48.6 Å². The molecule has 1 aliphatic heterocycles. The first-order valence-electron chi connectivity index (χ1n) is 12.2. The van der Waals surface area contributed by atoms with Gasteiger partial charge in [0.15, 0.2) is 0 Å². The van der Waals surface area contributed by atoms with Gasteiger partial charge in [-0.05, 0) is 50.3 Å². The van der Waals surface area contributed by atoms with Gasteiger partial charge in [-0.25, -0.2) is 0 Å². The van der Waals surface area contributed by atoms with Crippen molar-refractivity contribution in [2.24, 2.45) is 11.8 Å². The number of unbranched alkanes of at least 4 members (excludes halogenated alkanes) is 1. The van der Waals surface area contributed by atoms with Crippen LogP contribution >= 0.6 is 0 Å². The summed E-state index contributed by atoms with van der Waals surface area (Å²) in [4.78, 5) is 2.57. The highest BCUT2D eigenvalue weighted by Crippen LogP contribution is 2.18. The Morgan fingerprint density at radius 3 is 1.62 bits per heavy atom. The fourth-order valence-electron chi connectivity index (χ4n) is 2.46. The summed E-state index contributed by atoms with van der Waals surface area (Å²) in [6, 6.07) is 8.94. The van der Waals surface area contributed by atoms with Crippen molar-refractivity contribution in [1.82, 2.24) is 4.90 Å². The fraction of sp³-hybridized carbons (Fsp3) is 0.714. The van der Waals surface area contributed by atoms with Crippen molar-refractivity contribution in [2.75, 3.05) is 13.1 Å². The lowest BCUT2D eigenvalue weighted by Gasteiger charge is -2.30. The average Bonchev–Trinajstić information content (AvgIpc) is 2.79. The van der Waals surface area contributed by atoms with Crippen LogP contribution in [0.25, 0.3) is 0 Å². The van der Waals surface area contributed by atoms with Crippen LogP contribution in [0.3, 0.4) is 0 Å². The number of rotatable bonds is 5. The lowest BCUT2D eigenvalue weighted by Crippen LogP contribution is -2.32. The number of hydrogen-bond donors (Lipinski definition) is 0. The highest BCUT2D eigenvalue weighted by molar-refractivity contribution is 5.21. The Bertz CT molecular complexity index is 395. The van der Waals surface area contributed by atoms with Crippen LogP contribution < -0.4 is 0 Å². The molecule has 0 aromatic heterocycles. The maximum absolute atomic E-state index is 3.00. The highest BCUT2D eigenvalue weighted by atomic mass is 15.1. The average molecular weight is 406 g/mol. The van der Waals surface area contributed by atoms with E-state index in [1.54, 1.807) is 0 Å². The summed E-state index contributed by atoms with van der Waals surface area (Å²) in [5.74, 6) is 1.87. The molecule has 0 radical (unpaired) electrons. The molecule has 1 nitrogen and oxygen atoms in total. The van der Waals surface area contributed by atoms with Crippen molar-refractivity contribution < 1.29 is 0 Å². The minimum absolute atomic E-state index is 0.930. The molecule has 0 spiro atoms. The molecule has 1 heteroatoms. The van der Waals surface area contributed by atoms with Crippen LogP contribution in [0.4, 0.5) is 0 Å². The van der Waals surface area contributed by atoms with E-state index >= 15 is 0 Å². The molecule has 1 heterocycles. The maximum Gasteiger partial charge on any atom is 0.0233 e. The Kier molecular flexibility index (Phi) is 28.0. The molecule has 2 rings (SSSR count). The van der Waals surface area contributed by atoms with E-state index in [1.807, 2.05) is 13.8 Å². The molecule has 1 aromatic rings. The molecule has 1 fully saturated rings. The first kappa shape index (κ1) is 32.6. The predicted molar refractivity (Wildman–Crippen MR) is 138 cm³/mol. The Balaban J connectivity index is -0.000000404. The molecular formula is C28H55N. The molecule has 29 heavy (non-hydrogen) atoms. The molecule has 0 aliphatic carbocycles. The van der Waals surface area contributed by atoms with Crippen LogP contribution in [0.2, 0.25) is 0 Å². The molecule has 0 amide bonds. The summed E-state index contributed by atoms with van der Waals surface area (Å²) in [6.45, 7) is 29.3. The van der Waals surface area contributed by atoms with Gasteiger partial charge in [0.1, 0.15) is 0 Å². The van der Waals surface area contributed by atoms with Crippen molar-refractivity contribution in [3.63, 3.8) is 0 Å². The van der Waals surface area contributed by atoms with Crippen molar-refractivity contribution in [3.8, 4) is 0 Å². The van der Waals surface area contributed by atoms with E-state index in [4.69, 9.17) is 0 Å². The third kappa shape index (κ3) is 21.4. The van der Waals surface area contributed by atoms with Crippen LogP contribution in [0.15, 0.2) is 37.4 Å². The summed E-state index contributed by atoms with van der Waals surface area (Å²) < 4.78 is 0. The topological polar surface area (TPSA) is 3.24 Å². The SMILES string of the molecule is C=C.CC.CCC(C)CC.CCCC.Cc1ccc(CN2CCC(C)CC2)cc1. The Labute approximate surface area is 186 Å². The van der Waals surface area contributed by atoms with E-state index in [9.17, 15) is 0 Å². The summed E-state index contributed by atoms with van der Waals surface area (Å²) in [5, 5.41) is 0. The monoisotopic (exact) mass is 405 g/mol. The lowest BCUT2D eigenvalue weighted by atomic mass is 9.99. The van der Waals surface area contributed by atoms with Gasteiger partial charge in [-0.15, -0.1) is 13.2 Å². The molecule has 0 atom stereocenters. The number of nitrogens with zero attached hydrogens (tertiary/aromatic N) is 1. The normalized spacial score (nSPS) is 13.4. The number of piperidine rings is 1. The molecule has 172 valence electrons. The van der Waals surface area contributed by atoms with Gasteiger partial charge in [0.05, 0.1) is 0 Å². The largest absolute Gasteiger partial charge is 0.299 e. The second-order valence-electron chi connectivity index (χ2n) is 7.87. The minimum Gasteiger partial charge on any atom is -0.299 e. The maximum atomic E-state index is 3.00. The van der Waals surface area contributed by atoms with Gasteiger partial charge in [0.25, 0.3) is 0 Å². The molecule has 0 bridgehead atoms. The molecule has 0 N–H and O–H groups in total. The van der Waals surface area contributed by atoms with Gasteiger partial charge in [0, 0.05) is 6.54 Å². The van der Waals surface area contributed by atoms with Crippen LogP contribution in [-0.4, -0.2) is 18.0 Å². The number of benzene rings is 1. The van der Waals surface area contributed by atoms with Crippen LogP contribution in [-0.2, 0) is 6.54 Å². The quantitative estimate of drug-likeness (QED) is 0.441. The van der Waals surface area contributed by atoms with Gasteiger partial charge in [-0.1, -0.05) is 111 Å². The Morgan fingerprint density at radius 1 is 0.897 bits per heavy atom. The van der Waals surface area contributed by atoms with Gasteiger partial charge in [-0.2, -0.15) is 0 Å². The van der Waals surface area contributed by atoms with E-state index in [-0.39, 0.29) is 0 Å². The number of hydrogen-bond acceptors (Lipinski definition) is 1. The summed E-state index contributed by atoms with van der Waals surface area (Å²) in [6.07, 6.45) is 8.03. The zero-order chi connectivity index (χ0) is 23.1. The highest BCUT2D eigenvalue weighted by Gasteiger charge is 2.15.